The summed E-state index contributed by atoms with van der Waals surface area (Å²) < 4.78 is 27.5. The molecule has 1 heterocycles. The second-order valence-electron chi connectivity index (χ2n) is 5.18. The van der Waals surface area contributed by atoms with E-state index in [-0.39, 0.29) is 22.0 Å². The number of nitrogens with two attached hydrogens (primary N) is 1. The van der Waals surface area contributed by atoms with Gasteiger partial charge in [0, 0.05) is 17.6 Å². The maximum absolute atomic E-state index is 13.0. The van der Waals surface area contributed by atoms with Crippen LogP contribution < -0.4 is 5.73 Å². The lowest BCUT2D eigenvalue weighted by Crippen LogP contribution is -2.40. The molecule has 2 N–H and O–H groups in total. The van der Waals surface area contributed by atoms with Gasteiger partial charge in [0.05, 0.1) is 4.90 Å². The summed E-state index contributed by atoms with van der Waals surface area (Å²) in [6, 6.07) is 6.78. The maximum Gasteiger partial charge on any atom is 0.244 e. The molecule has 20 heavy (non-hydrogen) atoms. The van der Waals surface area contributed by atoms with Crippen LogP contribution in [0.1, 0.15) is 38.7 Å². The maximum atomic E-state index is 13.0. The molecule has 0 radical (unpaired) electrons. The van der Waals surface area contributed by atoms with Crippen LogP contribution >= 0.6 is 12.2 Å². The average molecular weight is 312 g/mol. The minimum Gasteiger partial charge on any atom is -0.389 e. The van der Waals surface area contributed by atoms with Gasteiger partial charge < -0.3 is 5.73 Å². The summed E-state index contributed by atoms with van der Waals surface area (Å²) in [5.41, 5.74) is 6.09. The minimum absolute atomic E-state index is 0.0179. The van der Waals surface area contributed by atoms with E-state index >= 15 is 0 Å². The third kappa shape index (κ3) is 2.60. The fourth-order valence-electron chi connectivity index (χ4n) is 2.87. The van der Waals surface area contributed by atoms with Crippen molar-refractivity contribution in [1.29, 1.82) is 0 Å². The van der Waals surface area contributed by atoms with Crippen molar-refractivity contribution in [1.82, 2.24) is 4.31 Å². The van der Waals surface area contributed by atoms with Gasteiger partial charge in [-0.3, -0.25) is 0 Å². The highest BCUT2D eigenvalue weighted by molar-refractivity contribution is 7.89. The molecule has 1 aromatic rings. The number of sulfonamides is 1. The molecule has 2 atom stereocenters. The lowest BCUT2D eigenvalue weighted by Gasteiger charge is -2.27. The van der Waals surface area contributed by atoms with Crippen molar-refractivity contribution in [3.8, 4) is 0 Å². The van der Waals surface area contributed by atoms with Crippen molar-refractivity contribution in [2.75, 3.05) is 0 Å². The molecular weight excluding hydrogens is 292 g/mol. The van der Waals surface area contributed by atoms with Crippen LogP contribution in [0.5, 0.6) is 0 Å². The monoisotopic (exact) mass is 312 g/mol. The standard InChI is InChI=1S/C14H20N2O2S2/c1-3-11-9-8-10(2)16(11)20(17,18)13-7-5-4-6-12(13)14(15)19/h4-7,10-11H,3,8-9H2,1-2H3,(H2,15,19). The quantitative estimate of drug-likeness (QED) is 0.866. The summed E-state index contributed by atoms with van der Waals surface area (Å²) in [6.07, 6.45) is 2.62. The van der Waals surface area contributed by atoms with Crippen LogP contribution in [0.25, 0.3) is 0 Å². The molecule has 1 aliphatic heterocycles. The molecule has 1 aromatic carbocycles. The van der Waals surface area contributed by atoms with Gasteiger partial charge in [0.15, 0.2) is 0 Å². The largest absolute Gasteiger partial charge is 0.389 e. The number of benzene rings is 1. The first kappa shape index (κ1) is 15.4. The van der Waals surface area contributed by atoms with Gasteiger partial charge in [-0.15, -0.1) is 0 Å². The van der Waals surface area contributed by atoms with Gasteiger partial charge in [-0.05, 0) is 32.3 Å². The minimum atomic E-state index is -3.56. The fraction of sp³-hybridized carbons (Fsp3) is 0.500. The SMILES string of the molecule is CCC1CCC(C)N1S(=O)(=O)c1ccccc1C(N)=S. The first-order valence-electron chi connectivity index (χ1n) is 6.82. The van der Waals surface area contributed by atoms with Gasteiger partial charge in [-0.25, -0.2) is 8.42 Å². The van der Waals surface area contributed by atoms with Crippen LogP contribution in [-0.4, -0.2) is 29.8 Å². The highest BCUT2D eigenvalue weighted by Gasteiger charge is 2.40. The molecule has 0 aliphatic carbocycles. The van der Waals surface area contributed by atoms with Crippen molar-refractivity contribution in [3.05, 3.63) is 29.8 Å². The normalized spacial score (nSPS) is 23.9. The van der Waals surface area contributed by atoms with Crippen LogP contribution in [0, 0.1) is 0 Å². The molecule has 1 aliphatic rings. The smallest absolute Gasteiger partial charge is 0.244 e. The zero-order valence-corrected chi connectivity index (χ0v) is 13.4. The van der Waals surface area contributed by atoms with E-state index in [0.29, 0.717) is 5.56 Å². The first-order chi connectivity index (χ1) is 9.39. The van der Waals surface area contributed by atoms with Crippen LogP contribution in [0.3, 0.4) is 0 Å². The highest BCUT2D eigenvalue weighted by atomic mass is 32.2. The second kappa shape index (κ2) is 5.79. The van der Waals surface area contributed by atoms with Gasteiger partial charge in [-0.2, -0.15) is 4.31 Å². The molecule has 0 spiro atoms. The van der Waals surface area contributed by atoms with E-state index in [1.807, 2.05) is 13.8 Å². The molecule has 2 unspecified atom stereocenters. The van der Waals surface area contributed by atoms with Gasteiger partial charge in [0.1, 0.15) is 4.99 Å². The predicted octanol–water partition coefficient (Wildman–Crippen LogP) is 2.27. The zero-order valence-electron chi connectivity index (χ0n) is 11.7. The van der Waals surface area contributed by atoms with E-state index in [2.05, 4.69) is 0 Å². The van der Waals surface area contributed by atoms with Crippen LogP contribution in [0.15, 0.2) is 29.2 Å². The molecule has 0 aromatic heterocycles. The molecular formula is C14H20N2O2S2. The Balaban J connectivity index is 2.53. The van der Waals surface area contributed by atoms with Gasteiger partial charge in [0.25, 0.3) is 0 Å². The lowest BCUT2D eigenvalue weighted by atomic mass is 10.2. The summed E-state index contributed by atoms with van der Waals surface area (Å²) in [7, 11) is -3.56. The Morgan fingerprint density at radius 2 is 2.05 bits per heavy atom. The number of hydrogen-bond donors (Lipinski definition) is 1. The Morgan fingerprint density at radius 3 is 2.65 bits per heavy atom. The van der Waals surface area contributed by atoms with Gasteiger partial charge in [-0.1, -0.05) is 37.3 Å². The Hall–Kier alpha value is -0.980. The molecule has 1 fully saturated rings. The summed E-state index contributed by atoms with van der Waals surface area (Å²) in [5.74, 6) is 0. The Morgan fingerprint density at radius 1 is 1.40 bits per heavy atom. The fourth-order valence-corrected chi connectivity index (χ4v) is 5.28. The van der Waals surface area contributed by atoms with Crippen molar-refractivity contribution >= 4 is 27.2 Å². The summed E-state index contributed by atoms with van der Waals surface area (Å²) in [4.78, 5) is 0.337. The van der Waals surface area contributed by atoms with E-state index in [4.69, 9.17) is 18.0 Å². The number of thiocarbonyl (C=S) groups is 1. The van der Waals surface area contributed by atoms with E-state index in [1.165, 1.54) is 0 Å². The molecule has 110 valence electrons. The van der Waals surface area contributed by atoms with Gasteiger partial charge >= 0.3 is 0 Å². The third-order valence-electron chi connectivity index (χ3n) is 3.89. The number of hydrogen-bond acceptors (Lipinski definition) is 3. The number of rotatable bonds is 4. The number of nitrogens with zero attached hydrogens (tertiary/aromatic N) is 1. The molecule has 4 nitrogen and oxygen atoms in total. The van der Waals surface area contributed by atoms with Crippen LogP contribution in [-0.2, 0) is 10.0 Å². The molecule has 2 rings (SSSR count). The van der Waals surface area contributed by atoms with Crippen molar-refractivity contribution in [2.24, 2.45) is 5.73 Å². The summed E-state index contributed by atoms with van der Waals surface area (Å²) >= 11 is 4.98. The molecule has 0 bridgehead atoms. The van der Waals surface area contributed by atoms with Crippen molar-refractivity contribution in [3.63, 3.8) is 0 Å². The molecule has 0 amide bonds. The Labute approximate surface area is 126 Å². The first-order valence-corrected chi connectivity index (χ1v) is 8.66. The van der Waals surface area contributed by atoms with Crippen molar-refractivity contribution in [2.45, 2.75) is 50.1 Å². The molecule has 0 saturated carbocycles. The predicted molar refractivity (Wildman–Crippen MR) is 84.1 cm³/mol. The zero-order chi connectivity index (χ0) is 14.9. The average Bonchev–Trinajstić information content (AvgIpc) is 2.80. The molecule has 6 heteroatoms. The Bertz CT molecular complexity index is 613. The second-order valence-corrected chi connectivity index (χ2v) is 7.44. The van der Waals surface area contributed by atoms with E-state index in [9.17, 15) is 8.42 Å². The highest BCUT2D eigenvalue weighted by Crippen LogP contribution is 2.33. The van der Waals surface area contributed by atoms with Gasteiger partial charge in [0.2, 0.25) is 10.0 Å². The summed E-state index contributed by atoms with van der Waals surface area (Å²) in [5, 5.41) is 0. The Kier molecular flexibility index (Phi) is 4.46. The van der Waals surface area contributed by atoms with Crippen LogP contribution in [0.4, 0.5) is 0 Å². The van der Waals surface area contributed by atoms with E-state index in [0.717, 1.165) is 19.3 Å². The van der Waals surface area contributed by atoms with E-state index in [1.54, 1.807) is 28.6 Å². The summed E-state index contributed by atoms with van der Waals surface area (Å²) in [6.45, 7) is 3.97. The van der Waals surface area contributed by atoms with E-state index < -0.39 is 10.0 Å². The van der Waals surface area contributed by atoms with Crippen LogP contribution in [0.2, 0.25) is 0 Å². The topological polar surface area (TPSA) is 63.4 Å². The third-order valence-corrected chi connectivity index (χ3v) is 6.24. The van der Waals surface area contributed by atoms with Crippen molar-refractivity contribution < 1.29 is 8.42 Å². The molecule has 1 saturated heterocycles. The lowest BCUT2D eigenvalue weighted by molar-refractivity contribution is 0.328.